The molecule has 0 heterocycles. The van der Waals surface area contributed by atoms with Crippen LogP contribution in [0.4, 0.5) is 0 Å². The van der Waals surface area contributed by atoms with Crippen LogP contribution in [0.3, 0.4) is 0 Å². The number of carboxylic acids is 1. The summed E-state index contributed by atoms with van der Waals surface area (Å²) in [4.78, 5) is 22.1. The van der Waals surface area contributed by atoms with Gasteiger partial charge in [-0.05, 0) is 5.56 Å². The molecule has 3 heteroatoms. The van der Waals surface area contributed by atoms with E-state index >= 15 is 0 Å². The average Bonchev–Trinajstić information content (AvgIpc) is 2.30. The van der Waals surface area contributed by atoms with Crippen molar-refractivity contribution in [1.29, 1.82) is 0 Å². The van der Waals surface area contributed by atoms with Crippen LogP contribution in [-0.2, 0) is 9.59 Å². The molecule has 0 radical (unpaired) electrons. The van der Waals surface area contributed by atoms with Crippen molar-refractivity contribution < 1.29 is 14.7 Å². The summed E-state index contributed by atoms with van der Waals surface area (Å²) < 4.78 is 0. The lowest BCUT2D eigenvalue weighted by Gasteiger charge is -2.10. The summed E-state index contributed by atoms with van der Waals surface area (Å²) in [6, 6.07) is 9.17. The number of aliphatic carboxylic acids is 1. The first kappa shape index (κ1) is 12.2. The van der Waals surface area contributed by atoms with E-state index in [1.165, 1.54) is 6.08 Å². The van der Waals surface area contributed by atoms with Crippen LogP contribution in [0.5, 0.6) is 0 Å². The summed E-state index contributed by atoms with van der Waals surface area (Å²) in [5, 5.41) is 8.57. The van der Waals surface area contributed by atoms with Crippen LogP contribution < -0.4 is 0 Å². The van der Waals surface area contributed by atoms with Crippen molar-refractivity contribution >= 4 is 11.8 Å². The summed E-state index contributed by atoms with van der Waals surface area (Å²) >= 11 is 0. The molecule has 0 spiro atoms. The highest BCUT2D eigenvalue weighted by Gasteiger charge is 2.15. The Morgan fingerprint density at radius 3 is 2.44 bits per heavy atom. The second-order valence-electron chi connectivity index (χ2n) is 3.41. The zero-order valence-electron chi connectivity index (χ0n) is 9.09. The Hall–Kier alpha value is -1.90. The highest BCUT2D eigenvalue weighted by atomic mass is 16.4. The number of benzene rings is 1. The molecule has 1 N–H and O–H groups in total. The molecule has 16 heavy (non-hydrogen) atoms. The van der Waals surface area contributed by atoms with Crippen molar-refractivity contribution in [2.45, 2.75) is 19.3 Å². The van der Waals surface area contributed by atoms with Gasteiger partial charge in [-0.2, -0.15) is 0 Å². The molecule has 0 aliphatic rings. The molecule has 1 aromatic rings. The van der Waals surface area contributed by atoms with Crippen molar-refractivity contribution in [2.75, 3.05) is 0 Å². The van der Waals surface area contributed by atoms with Crippen molar-refractivity contribution in [1.82, 2.24) is 0 Å². The maximum atomic E-state index is 11.7. The fourth-order valence-corrected chi connectivity index (χ4v) is 1.46. The topological polar surface area (TPSA) is 54.4 Å². The second-order valence-corrected chi connectivity index (χ2v) is 3.41. The standard InChI is InChI=1S/C13H14O3/c1-2-12(14)11(8-9-13(15)16)10-6-4-3-5-7-10/h3-9,11H,2H2,1H3,(H,15,16)/b9-8+. The molecule has 84 valence electrons. The van der Waals surface area contributed by atoms with Gasteiger partial charge < -0.3 is 5.11 Å². The Morgan fingerprint density at radius 2 is 1.94 bits per heavy atom. The number of hydrogen-bond donors (Lipinski definition) is 1. The number of ketones is 1. The van der Waals surface area contributed by atoms with Gasteiger partial charge in [0.05, 0.1) is 5.92 Å². The highest BCUT2D eigenvalue weighted by Crippen LogP contribution is 2.19. The fourth-order valence-electron chi connectivity index (χ4n) is 1.46. The van der Waals surface area contributed by atoms with Gasteiger partial charge in [-0.1, -0.05) is 43.3 Å². The largest absolute Gasteiger partial charge is 0.478 e. The van der Waals surface area contributed by atoms with E-state index in [4.69, 9.17) is 5.11 Å². The van der Waals surface area contributed by atoms with Crippen LogP contribution in [0.1, 0.15) is 24.8 Å². The molecule has 1 atom stereocenters. The van der Waals surface area contributed by atoms with Gasteiger partial charge in [0.2, 0.25) is 0 Å². The van der Waals surface area contributed by atoms with Gasteiger partial charge in [0.15, 0.2) is 0 Å². The molecule has 1 rings (SSSR count). The van der Waals surface area contributed by atoms with E-state index in [2.05, 4.69) is 0 Å². The predicted molar refractivity (Wildman–Crippen MR) is 61.3 cm³/mol. The van der Waals surface area contributed by atoms with Gasteiger partial charge in [0.25, 0.3) is 0 Å². The monoisotopic (exact) mass is 218 g/mol. The zero-order chi connectivity index (χ0) is 12.0. The molecular weight excluding hydrogens is 204 g/mol. The van der Waals surface area contributed by atoms with Crippen molar-refractivity contribution in [2.24, 2.45) is 0 Å². The molecule has 0 saturated heterocycles. The SMILES string of the molecule is CCC(=O)C(/C=C/C(=O)O)c1ccccc1. The normalized spacial score (nSPS) is 12.6. The molecule has 0 aliphatic carbocycles. The number of carbonyl (C=O) groups excluding carboxylic acids is 1. The summed E-state index contributed by atoms with van der Waals surface area (Å²) in [6.45, 7) is 1.77. The first-order valence-electron chi connectivity index (χ1n) is 5.14. The van der Waals surface area contributed by atoms with Crippen LogP contribution in [0.25, 0.3) is 0 Å². The second kappa shape index (κ2) is 5.85. The Kier molecular flexibility index (Phi) is 4.45. The van der Waals surface area contributed by atoms with Crippen LogP contribution in [-0.4, -0.2) is 16.9 Å². The Morgan fingerprint density at radius 1 is 1.31 bits per heavy atom. The third-order valence-corrected chi connectivity index (χ3v) is 2.29. The van der Waals surface area contributed by atoms with Crippen LogP contribution in [0.15, 0.2) is 42.5 Å². The van der Waals surface area contributed by atoms with E-state index in [9.17, 15) is 9.59 Å². The van der Waals surface area contributed by atoms with E-state index in [1.54, 1.807) is 6.92 Å². The molecule has 0 amide bonds. The van der Waals surface area contributed by atoms with Gasteiger partial charge in [0.1, 0.15) is 5.78 Å². The third kappa shape index (κ3) is 3.35. The van der Waals surface area contributed by atoms with Crippen molar-refractivity contribution in [3.8, 4) is 0 Å². The van der Waals surface area contributed by atoms with E-state index in [-0.39, 0.29) is 5.78 Å². The van der Waals surface area contributed by atoms with Crippen molar-refractivity contribution in [3.63, 3.8) is 0 Å². The number of Topliss-reactive ketones (excluding diaryl/α,β-unsaturated/α-hetero) is 1. The Bertz CT molecular complexity index is 393. The summed E-state index contributed by atoms with van der Waals surface area (Å²) in [6.07, 6.45) is 2.85. The van der Waals surface area contributed by atoms with Crippen LogP contribution in [0.2, 0.25) is 0 Å². The van der Waals surface area contributed by atoms with Gasteiger partial charge in [-0.3, -0.25) is 4.79 Å². The van der Waals surface area contributed by atoms with Gasteiger partial charge in [-0.25, -0.2) is 4.79 Å². The number of rotatable bonds is 5. The first-order valence-corrected chi connectivity index (χ1v) is 5.14. The Labute approximate surface area is 94.4 Å². The maximum Gasteiger partial charge on any atom is 0.328 e. The summed E-state index contributed by atoms with van der Waals surface area (Å²) in [5.41, 5.74) is 0.826. The molecule has 1 aromatic carbocycles. The zero-order valence-corrected chi connectivity index (χ0v) is 9.09. The smallest absolute Gasteiger partial charge is 0.328 e. The molecule has 1 unspecified atom stereocenters. The van der Waals surface area contributed by atoms with E-state index in [1.807, 2.05) is 30.3 Å². The highest BCUT2D eigenvalue weighted by molar-refractivity contribution is 5.89. The number of hydrogen-bond acceptors (Lipinski definition) is 2. The number of carboxylic acid groups (broad SMARTS) is 1. The predicted octanol–water partition coefficient (Wildman–Crippen LogP) is 2.39. The maximum absolute atomic E-state index is 11.7. The Balaban J connectivity index is 2.97. The lowest BCUT2D eigenvalue weighted by Crippen LogP contribution is -2.09. The molecule has 3 nitrogen and oxygen atoms in total. The minimum absolute atomic E-state index is 0.0173. The van der Waals surface area contributed by atoms with Gasteiger partial charge in [-0.15, -0.1) is 0 Å². The average molecular weight is 218 g/mol. The summed E-state index contributed by atoms with van der Waals surface area (Å²) in [5.74, 6) is -1.48. The molecule has 0 aliphatic heterocycles. The lowest BCUT2D eigenvalue weighted by molar-refractivity contribution is -0.131. The van der Waals surface area contributed by atoms with Gasteiger partial charge >= 0.3 is 5.97 Å². The molecular formula is C13H14O3. The van der Waals surface area contributed by atoms with Crippen molar-refractivity contribution in [3.05, 3.63) is 48.0 Å². The number of allylic oxidation sites excluding steroid dienone is 1. The van der Waals surface area contributed by atoms with Crippen LogP contribution in [0, 0.1) is 0 Å². The van der Waals surface area contributed by atoms with E-state index < -0.39 is 11.9 Å². The third-order valence-electron chi connectivity index (χ3n) is 2.29. The van der Waals surface area contributed by atoms with Crippen LogP contribution >= 0.6 is 0 Å². The first-order chi connectivity index (χ1) is 7.65. The minimum atomic E-state index is -1.04. The fraction of sp³-hybridized carbons (Fsp3) is 0.231. The summed E-state index contributed by atoms with van der Waals surface area (Å²) in [7, 11) is 0. The van der Waals surface area contributed by atoms with Gasteiger partial charge in [0, 0.05) is 12.5 Å². The number of carbonyl (C=O) groups is 2. The molecule has 0 bridgehead atoms. The molecule has 0 aromatic heterocycles. The lowest BCUT2D eigenvalue weighted by atomic mass is 9.93. The minimum Gasteiger partial charge on any atom is -0.478 e. The van der Waals surface area contributed by atoms with E-state index in [0.29, 0.717) is 6.42 Å². The molecule has 0 saturated carbocycles. The quantitative estimate of drug-likeness (QED) is 0.772. The van der Waals surface area contributed by atoms with E-state index in [0.717, 1.165) is 11.6 Å². The molecule has 0 fully saturated rings.